The molecule has 0 saturated carbocycles. The van der Waals surface area contributed by atoms with Crippen LogP contribution in [0.25, 0.3) is 0 Å². The zero-order chi connectivity index (χ0) is 44.9. The molecule has 1 N–H and O–H groups in total. The Morgan fingerprint density at radius 2 is 0.721 bits per heavy atom. The average Bonchev–Trinajstić information content (AvgIpc) is 3.22. The van der Waals surface area contributed by atoms with Crippen LogP contribution in [-0.2, 0) is 28.6 Å². The first kappa shape index (κ1) is 59.3. The van der Waals surface area contributed by atoms with Crippen LogP contribution in [0.15, 0.2) is 0 Å². The molecule has 8 nitrogen and oxygen atoms in total. The molecule has 0 aliphatic carbocycles. The largest absolute Gasteiger partial charge is 0.477 e. The third-order valence-corrected chi connectivity index (χ3v) is 12.5. The fraction of sp³-hybridized carbons (Fsp3) is 0.943. The highest BCUT2D eigenvalue weighted by atomic mass is 16.6. The van der Waals surface area contributed by atoms with Crippen molar-refractivity contribution in [3.63, 3.8) is 0 Å². The lowest BCUT2D eigenvalue weighted by Crippen LogP contribution is -2.50. The standard InChI is InChI=1S/C53H103NO7/c1-6-8-10-12-14-16-18-20-22-24-25-26-27-28-30-31-33-35-37-39-41-43-51(55)60-48-49(47-59-46-45-50(53(57)58)54(3,4)5)61-52(56)44-42-40-38-36-34-32-29-23-21-19-17-15-13-11-9-7-2/h49-50H,6-48H2,1-5H3/p+1. The predicted octanol–water partition coefficient (Wildman–Crippen LogP) is 15.3. The lowest BCUT2D eigenvalue weighted by molar-refractivity contribution is -0.887. The number of aliphatic carboxylic acids is 1. The predicted molar refractivity (Wildman–Crippen MR) is 257 cm³/mol. The van der Waals surface area contributed by atoms with Crippen LogP contribution < -0.4 is 0 Å². The van der Waals surface area contributed by atoms with Crippen LogP contribution in [0.1, 0.15) is 271 Å². The number of carbonyl (C=O) groups is 3. The fourth-order valence-corrected chi connectivity index (χ4v) is 8.39. The highest BCUT2D eigenvalue weighted by molar-refractivity contribution is 5.72. The first-order chi connectivity index (χ1) is 29.6. The van der Waals surface area contributed by atoms with Crippen molar-refractivity contribution in [3.05, 3.63) is 0 Å². The summed E-state index contributed by atoms with van der Waals surface area (Å²) in [4.78, 5) is 37.2. The molecule has 0 saturated heterocycles. The Bertz CT molecular complexity index is 967. The van der Waals surface area contributed by atoms with Gasteiger partial charge in [-0.3, -0.25) is 9.59 Å². The summed E-state index contributed by atoms with van der Waals surface area (Å²) in [5.74, 6) is -1.44. The number of hydrogen-bond donors (Lipinski definition) is 1. The summed E-state index contributed by atoms with van der Waals surface area (Å²) in [7, 11) is 5.55. The minimum atomic E-state index is -0.868. The number of quaternary nitrogens is 1. The van der Waals surface area contributed by atoms with Crippen molar-refractivity contribution in [1.29, 1.82) is 0 Å². The number of carboxylic acid groups (broad SMARTS) is 1. The summed E-state index contributed by atoms with van der Waals surface area (Å²) in [6, 6.07) is -0.609. The Hall–Kier alpha value is -1.67. The molecule has 362 valence electrons. The maximum absolute atomic E-state index is 12.8. The van der Waals surface area contributed by atoms with Crippen molar-refractivity contribution in [2.24, 2.45) is 0 Å². The van der Waals surface area contributed by atoms with E-state index in [-0.39, 0.29) is 36.2 Å². The first-order valence-corrected chi connectivity index (χ1v) is 26.6. The Balaban J connectivity index is 4.15. The van der Waals surface area contributed by atoms with E-state index in [9.17, 15) is 19.5 Å². The normalized spacial score (nSPS) is 12.7. The summed E-state index contributed by atoms with van der Waals surface area (Å²) in [5, 5.41) is 9.65. The number of esters is 2. The van der Waals surface area contributed by atoms with Gasteiger partial charge in [0, 0.05) is 19.3 Å². The molecule has 0 aliphatic heterocycles. The van der Waals surface area contributed by atoms with Gasteiger partial charge >= 0.3 is 17.9 Å². The van der Waals surface area contributed by atoms with E-state index in [0.717, 1.165) is 38.5 Å². The number of hydrogen-bond acceptors (Lipinski definition) is 6. The summed E-state index contributed by atoms with van der Waals surface area (Å²) in [5.41, 5.74) is 0. The van der Waals surface area contributed by atoms with Crippen molar-refractivity contribution in [3.8, 4) is 0 Å². The summed E-state index contributed by atoms with van der Waals surface area (Å²) in [6.07, 6.45) is 48.7. The minimum absolute atomic E-state index is 0.0412. The maximum Gasteiger partial charge on any atom is 0.362 e. The van der Waals surface area contributed by atoms with Gasteiger partial charge in [0.05, 0.1) is 34.4 Å². The Labute approximate surface area is 378 Å². The molecular weight excluding hydrogens is 763 g/mol. The van der Waals surface area contributed by atoms with E-state index >= 15 is 0 Å². The third kappa shape index (κ3) is 43.4. The molecule has 0 aromatic heterocycles. The van der Waals surface area contributed by atoms with Crippen molar-refractivity contribution in [2.45, 2.75) is 283 Å². The monoisotopic (exact) mass is 867 g/mol. The molecule has 0 aromatic rings. The van der Waals surface area contributed by atoms with Gasteiger partial charge in [-0.15, -0.1) is 0 Å². The highest BCUT2D eigenvalue weighted by Gasteiger charge is 2.31. The lowest BCUT2D eigenvalue weighted by atomic mass is 10.0. The van der Waals surface area contributed by atoms with E-state index in [2.05, 4.69) is 13.8 Å². The van der Waals surface area contributed by atoms with Crippen LogP contribution in [0.5, 0.6) is 0 Å². The number of carbonyl (C=O) groups excluding carboxylic acids is 2. The van der Waals surface area contributed by atoms with E-state index in [4.69, 9.17) is 14.2 Å². The van der Waals surface area contributed by atoms with Gasteiger partial charge in [0.2, 0.25) is 0 Å². The number of nitrogens with zero attached hydrogens (tertiary/aromatic N) is 1. The van der Waals surface area contributed by atoms with Crippen LogP contribution in [0.4, 0.5) is 0 Å². The average molecular weight is 867 g/mol. The van der Waals surface area contributed by atoms with Gasteiger partial charge in [-0.2, -0.15) is 0 Å². The zero-order valence-electron chi connectivity index (χ0n) is 41.4. The molecule has 2 atom stereocenters. The van der Waals surface area contributed by atoms with E-state index in [1.807, 2.05) is 21.1 Å². The van der Waals surface area contributed by atoms with Gasteiger partial charge in [0.15, 0.2) is 12.1 Å². The van der Waals surface area contributed by atoms with E-state index < -0.39 is 18.1 Å². The van der Waals surface area contributed by atoms with Crippen molar-refractivity contribution < 1.29 is 38.2 Å². The van der Waals surface area contributed by atoms with Gasteiger partial charge in [-0.1, -0.05) is 239 Å². The molecule has 0 heterocycles. The second-order valence-corrected chi connectivity index (χ2v) is 19.5. The van der Waals surface area contributed by atoms with E-state index in [1.54, 1.807) is 0 Å². The fourth-order valence-electron chi connectivity index (χ4n) is 8.39. The van der Waals surface area contributed by atoms with Crippen LogP contribution in [0, 0.1) is 0 Å². The van der Waals surface area contributed by atoms with Crippen molar-refractivity contribution in [2.75, 3.05) is 41.0 Å². The number of carboxylic acids is 1. The molecule has 0 rings (SSSR count). The molecular formula is C53H104NO7+. The number of unbranched alkanes of at least 4 members (excludes halogenated alkanes) is 35. The molecule has 0 radical (unpaired) electrons. The number of likely N-dealkylation sites (N-methyl/N-ethyl adjacent to an activating group) is 1. The summed E-state index contributed by atoms with van der Waals surface area (Å²) < 4.78 is 17.4. The zero-order valence-corrected chi connectivity index (χ0v) is 41.4. The minimum Gasteiger partial charge on any atom is -0.477 e. The molecule has 61 heavy (non-hydrogen) atoms. The topological polar surface area (TPSA) is 99.1 Å². The third-order valence-electron chi connectivity index (χ3n) is 12.5. The molecule has 8 heteroatoms. The SMILES string of the molecule is CCCCCCCCCCCCCCCCCCCCCCCC(=O)OCC(COCCC(C(=O)O)[N+](C)(C)C)OC(=O)CCCCCCCCCCCCCCCCCC. The second kappa shape index (κ2) is 44.9. The van der Waals surface area contributed by atoms with Crippen molar-refractivity contribution >= 4 is 17.9 Å². The number of rotatable bonds is 49. The Morgan fingerprint density at radius 1 is 0.426 bits per heavy atom. The Kier molecular flexibility index (Phi) is 43.7. The highest BCUT2D eigenvalue weighted by Crippen LogP contribution is 2.17. The summed E-state index contributed by atoms with van der Waals surface area (Å²) in [6.45, 7) is 4.80. The molecule has 0 amide bonds. The van der Waals surface area contributed by atoms with Crippen LogP contribution in [0.3, 0.4) is 0 Å². The summed E-state index contributed by atoms with van der Waals surface area (Å²) >= 11 is 0. The van der Waals surface area contributed by atoms with Gasteiger partial charge in [0.25, 0.3) is 0 Å². The van der Waals surface area contributed by atoms with Gasteiger partial charge in [-0.25, -0.2) is 4.79 Å². The smallest absolute Gasteiger partial charge is 0.362 e. The van der Waals surface area contributed by atoms with E-state index in [1.165, 1.54) is 199 Å². The molecule has 0 aromatic carbocycles. The quantitative estimate of drug-likeness (QED) is 0.0369. The molecule has 0 spiro atoms. The lowest BCUT2D eigenvalue weighted by Gasteiger charge is -2.31. The van der Waals surface area contributed by atoms with Crippen molar-refractivity contribution in [1.82, 2.24) is 0 Å². The number of ether oxygens (including phenoxy) is 3. The maximum atomic E-state index is 12.8. The van der Waals surface area contributed by atoms with E-state index in [0.29, 0.717) is 19.3 Å². The van der Waals surface area contributed by atoms with Gasteiger partial charge in [-0.05, 0) is 12.8 Å². The first-order valence-electron chi connectivity index (χ1n) is 26.6. The molecule has 0 fully saturated rings. The van der Waals surface area contributed by atoms with Crippen LogP contribution in [-0.4, -0.2) is 80.6 Å². The Morgan fingerprint density at radius 3 is 1.02 bits per heavy atom. The molecule has 0 aliphatic rings. The van der Waals surface area contributed by atoms with Crippen LogP contribution in [0.2, 0.25) is 0 Å². The van der Waals surface area contributed by atoms with Gasteiger partial charge < -0.3 is 23.8 Å². The second-order valence-electron chi connectivity index (χ2n) is 19.5. The van der Waals surface area contributed by atoms with Gasteiger partial charge in [0.1, 0.15) is 6.61 Å². The molecule has 2 unspecified atom stereocenters. The molecule has 0 bridgehead atoms. The van der Waals surface area contributed by atoms with Crippen LogP contribution >= 0.6 is 0 Å².